The van der Waals surface area contributed by atoms with Crippen LogP contribution in [0.15, 0.2) is 47.4 Å². The Morgan fingerprint density at radius 1 is 0.970 bits per heavy atom. The number of ether oxygens (including phenoxy) is 1. The summed E-state index contributed by atoms with van der Waals surface area (Å²) in [6.07, 6.45) is 5.17. The second kappa shape index (κ2) is 11.2. The van der Waals surface area contributed by atoms with Crippen molar-refractivity contribution in [3.05, 3.63) is 53.6 Å². The third kappa shape index (κ3) is 6.71. The fraction of sp³-hybridized carbons (Fsp3) is 0.417. The number of anilines is 1. The van der Waals surface area contributed by atoms with Gasteiger partial charge in [-0.15, -0.1) is 0 Å². The average Bonchev–Trinajstić information content (AvgIpc) is 2.83. The van der Waals surface area contributed by atoms with Gasteiger partial charge in [0.05, 0.1) is 7.11 Å². The van der Waals surface area contributed by atoms with E-state index in [1.54, 1.807) is 24.3 Å². The van der Waals surface area contributed by atoms with Crippen LogP contribution in [0.25, 0.3) is 0 Å². The van der Waals surface area contributed by atoms with E-state index in [0.29, 0.717) is 12.2 Å². The molecule has 0 aromatic heterocycles. The number of methoxy groups -OCH3 is 1. The molecule has 0 radical (unpaired) electrons. The number of amides is 2. The predicted molar refractivity (Wildman–Crippen MR) is 127 cm³/mol. The Morgan fingerprint density at radius 3 is 2.30 bits per heavy atom. The summed E-state index contributed by atoms with van der Waals surface area (Å²) < 4.78 is 33.6. The molecule has 0 saturated heterocycles. The molecule has 2 amide bonds. The van der Waals surface area contributed by atoms with Gasteiger partial charge in [-0.2, -0.15) is 0 Å². The van der Waals surface area contributed by atoms with E-state index >= 15 is 0 Å². The molecule has 1 aliphatic carbocycles. The molecular weight excluding hydrogens is 442 g/mol. The standard InChI is InChI=1S/C24H31N3O5S/c1-17-8-11-20(12-9-17)27-33(30,31)22-16-19(10-13-21(22)32-2)24(29)26-15-14-25-23(28)18-6-4-3-5-7-18/h8-13,16,18,27H,3-7,14-15H2,1-2H3,(H,25,28)(H,26,29). The Morgan fingerprint density at radius 2 is 1.64 bits per heavy atom. The Bertz CT molecular complexity index is 1080. The number of carbonyl (C=O) groups is 2. The van der Waals surface area contributed by atoms with Crippen molar-refractivity contribution < 1.29 is 22.7 Å². The van der Waals surface area contributed by atoms with Crippen molar-refractivity contribution in [3.8, 4) is 5.75 Å². The van der Waals surface area contributed by atoms with E-state index in [2.05, 4.69) is 15.4 Å². The second-order valence-corrected chi connectivity index (χ2v) is 9.87. The van der Waals surface area contributed by atoms with E-state index in [9.17, 15) is 18.0 Å². The van der Waals surface area contributed by atoms with Crippen molar-refractivity contribution >= 4 is 27.5 Å². The number of nitrogens with one attached hydrogen (secondary N) is 3. The second-order valence-electron chi connectivity index (χ2n) is 8.22. The van der Waals surface area contributed by atoms with E-state index in [-0.39, 0.29) is 34.6 Å². The summed E-state index contributed by atoms with van der Waals surface area (Å²) in [5, 5.41) is 5.58. The highest BCUT2D eigenvalue weighted by Crippen LogP contribution is 2.27. The zero-order chi connectivity index (χ0) is 23.8. The first-order valence-electron chi connectivity index (χ1n) is 11.1. The smallest absolute Gasteiger partial charge is 0.265 e. The van der Waals surface area contributed by atoms with E-state index < -0.39 is 15.9 Å². The van der Waals surface area contributed by atoms with Gasteiger partial charge in [-0.05, 0) is 50.1 Å². The number of carbonyl (C=O) groups excluding carboxylic acids is 2. The molecule has 0 spiro atoms. The zero-order valence-corrected chi connectivity index (χ0v) is 19.8. The van der Waals surface area contributed by atoms with Crippen molar-refractivity contribution in [1.29, 1.82) is 0 Å². The number of sulfonamides is 1. The lowest BCUT2D eigenvalue weighted by Gasteiger charge is -2.20. The molecule has 9 heteroatoms. The van der Waals surface area contributed by atoms with E-state index in [1.165, 1.54) is 31.7 Å². The Balaban J connectivity index is 1.62. The topological polar surface area (TPSA) is 114 Å². The Kier molecular flexibility index (Phi) is 8.32. The van der Waals surface area contributed by atoms with E-state index in [4.69, 9.17) is 4.74 Å². The van der Waals surface area contributed by atoms with E-state index in [0.717, 1.165) is 31.2 Å². The van der Waals surface area contributed by atoms with Crippen LogP contribution in [0.3, 0.4) is 0 Å². The predicted octanol–water partition coefficient (Wildman–Crippen LogP) is 3.23. The van der Waals surface area contributed by atoms with Crippen LogP contribution in [0.4, 0.5) is 5.69 Å². The van der Waals surface area contributed by atoms with Gasteiger partial charge in [-0.25, -0.2) is 8.42 Å². The van der Waals surface area contributed by atoms with Crippen LogP contribution in [-0.4, -0.2) is 40.4 Å². The van der Waals surface area contributed by atoms with Crippen LogP contribution in [-0.2, 0) is 14.8 Å². The lowest BCUT2D eigenvalue weighted by molar-refractivity contribution is -0.125. The molecule has 0 heterocycles. The maximum absolute atomic E-state index is 13.0. The molecule has 0 unspecified atom stereocenters. The molecule has 8 nitrogen and oxygen atoms in total. The van der Waals surface area contributed by atoms with Gasteiger partial charge in [-0.1, -0.05) is 37.0 Å². The van der Waals surface area contributed by atoms with Crippen LogP contribution in [0, 0.1) is 12.8 Å². The van der Waals surface area contributed by atoms with Crippen LogP contribution < -0.4 is 20.1 Å². The summed E-state index contributed by atoms with van der Waals surface area (Å²) in [6.45, 7) is 2.47. The highest BCUT2D eigenvalue weighted by atomic mass is 32.2. The van der Waals surface area contributed by atoms with Gasteiger partial charge in [0.25, 0.3) is 15.9 Å². The summed E-state index contributed by atoms with van der Waals surface area (Å²) in [7, 11) is -2.62. The molecule has 3 rings (SSSR count). The summed E-state index contributed by atoms with van der Waals surface area (Å²) in [5.41, 5.74) is 1.59. The van der Waals surface area contributed by atoms with Gasteiger partial charge in [0, 0.05) is 30.3 Å². The van der Waals surface area contributed by atoms with Crippen LogP contribution in [0.2, 0.25) is 0 Å². The molecule has 1 saturated carbocycles. The molecule has 2 aromatic rings. The molecule has 178 valence electrons. The first-order valence-corrected chi connectivity index (χ1v) is 12.6. The normalized spacial score (nSPS) is 14.4. The summed E-state index contributed by atoms with van der Waals surface area (Å²) in [6, 6.07) is 11.2. The molecule has 0 aliphatic heterocycles. The van der Waals surface area contributed by atoms with Gasteiger partial charge in [-0.3, -0.25) is 14.3 Å². The Labute approximate surface area is 195 Å². The maximum atomic E-state index is 13.0. The van der Waals surface area contributed by atoms with Crippen LogP contribution in [0.1, 0.15) is 48.0 Å². The minimum absolute atomic E-state index is 0.0314. The largest absolute Gasteiger partial charge is 0.495 e. The quantitative estimate of drug-likeness (QED) is 0.484. The van der Waals surface area contributed by atoms with Gasteiger partial charge in [0.1, 0.15) is 10.6 Å². The first-order chi connectivity index (χ1) is 15.8. The Hall–Kier alpha value is -3.07. The summed E-state index contributed by atoms with van der Waals surface area (Å²) >= 11 is 0. The lowest BCUT2D eigenvalue weighted by Crippen LogP contribution is -2.38. The lowest BCUT2D eigenvalue weighted by atomic mass is 9.89. The number of benzene rings is 2. The monoisotopic (exact) mass is 473 g/mol. The van der Waals surface area contributed by atoms with Crippen LogP contribution >= 0.6 is 0 Å². The summed E-state index contributed by atoms with van der Waals surface area (Å²) in [4.78, 5) is 24.6. The minimum Gasteiger partial charge on any atom is -0.495 e. The first kappa shape index (κ1) is 24.6. The van der Waals surface area contributed by atoms with Crippen LogP contribution in [0.5, 0.6) is 5.75 Å². The highest BCUT2D eigenvalue weighted by molar-refractivity contribution is 7.92. The number of hydrogen-bond acceptors (Lipinski definition) is 5. The van der Waals surface area contributed by atoms with Gasteiger partial charge < -0.3 is 15.4 Å². The molecule has 2 aromatic carbocycles. The minimum atomic E-state index is -3.99. The van der Waals surface area contributed by atoms with E-state index in [1.807, 2.05) is 6.92 Å². The van der Waals surface area contributed by atoms with Crippen molar-refractivity contribution in [1.82, 2.24) is 10.6 Å². The third-order valence-electron chi connectivity index (χ3n) is 5.70. The fourth-order valence-corrected chi connectivity index (χ4v) is 5.09. The van der Waals surface area contributed by atoms with Crippen molar-refractivity contribution in [2.75, 3.05) is 24.9 Å². The number of aryl methyl sites for hydroxylation is 1. The number of hydrogen-bond donors (Lipinski definition) is 3. The molecule has 33 heavy (non-hydrogen) atoms. The van der Waals surface area contributed by atoms with Crippen molar-refractivity contribution in [2.45, 2.75) is 43.9 Å². The molecule has 0 atom stereocenters. The third-order valence-corrected chi connectivity index (χ3v) is 7.11. The molecule has 1 aliphatic rings. The van der Waals surface area contributed by atoms with Gasteiger partial charge in [0.2, 0.25) is 5.91 Å². The molecule has 1 fully saturated rings. The summed E-state index contributed by atoms with van der Waals surface area (Å²) in [5.74, 6) is -0.212. The van der Waals surface area contributed by atoms with Crippen molar-refractivity contribution in [3.63, 3.8) is 0 Å². The SMILES string of the molecule is COc1ccc(C(=O)NCCNC(=O)C2CCCCC2)cc1S(=O)(=O)Nc1ccc(C)cc1. The zero-order valence-electron chi connectivity index (χ0n) is 19.0. The fourth-order valence-electron chi connectivity index (χ4n) is 3.83. The van der Waals surface area contributed by atoms with Gasteiger partial charge in [0.15, 0.2) is 0 Å². The number of rotatable bonds is 9. The average molecular weight is 474 g/mol. The van der Waals surface area contributed by atoms with Gasteiger partial charge >= 0.3 is 0 Å². The maximum Gasteiger partial charge on any atom is 0.265 e. The molecule has 3 N–H and O–H groups in total. The highest BCUT2D eigenvalue weighted by Gasteiger charge is 2.23. The molecular formula is C24H31N3O5S. The molecule has 0 bridgehead atoms. The van der Waals surface area contributed by atoms with Crippen molar-refractivity contribution in [2.24, 2.45) is 5.92 Å².